The molecule has 2 aromatic rings. The van der Waals surface area contributed by atoms with Crippen LogP contribution in [0.1, 0.15) is 24.3 Å². The second kappa shape index (κ2) is 5.81. The summed E-state index contributed by atoms with van der Waals surface area (Å²) in [5.41, 5.74) is 3.80. The van der Waals surface area contributed by atoms with Gasteiger partial charge in [0.05, 0.1) is 30.1 Å². The van der Waals surface area contributed by atoms with Gasteiger partial charge in [-0.25, -0.2) is 4.79 Å². The summed E-state index contributed by atoms with van der Waals surface area (Å²) in [5.74, 6) is -2.35. The van der Waals surface area contributed by atoms with Crippen molar-refractivity contribution in [1.82, 2.24) is 9.13 Å². The number of thiophene rings is 1. The first-order chi connectivity index (χ1) is 11.6. The average Bonchev–Trinajstić information content (AvgIpc) is 2.84. The summed E-state index contributed by atoms with van der Waals surface area (Å²) in [6.45, 7) is 2.67. The Labute approximate surface area is 145 Å². The summed E-state index contributed by atoms with van der Waals surface area (Å²) >= 11 is 1.18. The standard InChI is InChI=1S/C15H17N3O6S/c1-15(2)3-7-8(6-24-15)25-13-11(7)12(22)17(5-10(20)21)14(23)18(13)4-9(16)19/h3-6H2,1-2H3,(H2,16,19)(H,20,21)/p-1. The molecule has 2 aromatic heterocycles. The van der Waals surface area contributed by atoms with E-state index in [2.05, 4.69) is 0 Å². The van der Waals surface area contributed by atoms with E-state index in [1.165, 1.54) is 11.3 Å². The minimum atomic E-state index is -1.57. The number of carboxylic acids is 1. The lowest BCUT2D eigenvalue weighted by atomic mass is 9.94. The molecule has 0 unspecified atom stereocenters. The summed E-state index contributed by atoms with van der Waals surface area (Å²) in [7, 11) is 0. The number of fused-ring (bicyclic) bond motifs is 3. The van der Waals surface area contributed by atoms with Crippen LogP contribution in [0.4, 0.5) is 0 Å². The third kappa shape index (κ3) is 2.98. The van der Waals surface area contributed by atoms with Gasteiger partial charge in [-0.1, -0.05) is 0 Å². The van der Waals surface area contributed by atoms with Gasteiger partial charge in [-0.2, -0.15) is 0 Å². The normalized spacial score (nSPS) is 15.9. The van der Waals surface area contributed by atoms with Crippen molar-refractivity contribution in [3.8, 4) is 0 Å². The molecule has 0 bridgehead atoms. The highest BCUT2D eigenvalue weighted by molar-refractivity contribution is 7.18. The summed E-state index contributed by atoms with van der Waals surface area (Å²) in [4.78, 5) is 48.7. The lowest BCUT2D eigenvalue weighted by Crippen LogP contribution is -2.45. The smallest absolute Gasteiger partial charge is 0.332 e. The van der Waals surface area contributed by atoms with Crippen LogP contribution in [0.3, 0.4) is 0 Å². The van der Waals surface area contributed by atoms with E-state index in [4.69, 9.17) is 10.5 Å². The molecule has 0 spiro atoms. The number of aliphatic carboxylic acids is 1. The quantitative estimate of drug-likeness (QED) is 0.686. The van der Waals surface area contributed by atoms with Crippen molar-refractivity contribution >= 4 is 33.4 Å². The summed E-state index contributed by atoms with van der Waals surface area (Å²) in [5, 5.41) is 11.2. The van der Waals surface area contributed by atoms with Crippen LogP contribution in [0.2, 0.25) is 0 Å². The molecule has 1 aliphatic rings. The molecule has 0 atom stereocenters. The van der Waals surface area contributed by atoms with E-state index in [-0.39, 0.29) is 12.0 Å². The minimum absolute atomic E-state index is 0.235. The van der Waals surface area contributed by atoms with Crippen molar-refractivity contribution in [2.24, 2.45) is 5.73 Å². The Morgan fingerprint density at radius 1 is 1.28 bits per heavy atom. The Balaban J connectivity index is 2.39. The Hall–Kier alpha value is -2.46. The lowest BCUT2D eigenvalue weighted by Gasteiger charge is -2.29. The monoisotopic (exact) mass is 366 g/mol. The van der Waals surface area contributed by atoms with Gasteiger partial charge in [-0.15, -0.1) is 11.3 Å². The first kappa shape index (κ1) is 17.4. The highest BCUT2D eigenvalue weighted by atomic mass is 32.1. The largest absolute Gasteiger partial charge is 0.548 e. The van der Waals surface area contributed by atoms with Gasteiger partial charge in [0.15, 0.2) is 0 Å². The molecule has 0 saturated carbocycles. The maximum atomic E-state index is 12.8. The topological polar surface area (TPSA) is 136 Å². The second-order valence-corrected chi connectivity index (χ2v) is 7.59. The van der Waals surface area contributed by atoms with Gasteiger partial charge in [-0.3, -0.25) is 18.7 Å². The zero-order valence-electron chi connectivity index (χ0n) is 13.7. The predicted octanol–water partition coefficient (Wildman–Crippen LogP) is -1.69. The van der Waals surface area contributed by atoms with Crippen molar-refractivity contribution in [2.75, 3.05) is 0 Å². The third-order valence-corrected chi connectivity index (χ3v) is 5.26. The van der Waals surface area contributed by atoms with E-state index in [0.29, 0.717) is 21.4 Å². The second-order valence-electron chi connectivity index (χ2n) is 6.51. The summed E-state index contributed by atoms with van der Waals surface area (Å²) < 4.78 is 7.33. The first-order valence-electron chi connectivity index (χ1n) is 7.50. The van der Waals surface area contributed by atoms with Crippen LogP contribution in [-0.2, 0) is 40.4 Å². The van der Waals surface area contributed by atoms with Gasteiger partial charge in [0, 0.05) is 11.3 Å². The fourth-order valence-corrected chi connectivity index (χ4v) is 4.18. The molecule has 25 heavy (non-hydrogen) atoms. The molecule has 0 saturated heterocycles. The van der Waals surface area contributed by atoms with Crippen molar-refractivity contribution in [2.45, 2.75) is 45.6 Å². The molecular formula is C15H16N3O6S-. The number of carboxylic acid groups (broad SMARTS) is 1. The fraction of sp³-hybridized carbons (Fsp3) is 0.467. The zero-order chi connectivity index (χ0) is 18.5. The van der Waals surface area contributed by atoms with Crippen LogP contribution in [0, 0.1) is 0 Å². The molecule has 1 amide bonds. The lowest BCUT2D eigenvalue weighted by molar-refractivity contribution is -0.306. The van der Waals surface area contributed by atoms with Crippen LogP contribution in [0.15, 0.2) is 9.59 Å². The molecule has 0 aromatic carbocycles. The number of amides is 1. The van der Waals surface area contributed by atoms with Gasteiger partial charge < -0.3 is 20.4 Å². The maximum Gasteiger partial charge on any atom is 0.332 e. The van der Waals surface area contributed by atoms with Crippen LogP contribution >= 0.6 is 11.3 Å². The van der Waals surface area contributed by atoms with Gasteiger partial charge in [0.25, 0.3) is 5.56 Å². The Kier molecular flexibility index (Phi) is 4.04. The number of nitrogens with two attached hydrogens (primary N) is 1. The number of hydrogen-bond acceptors (Lipinski definition) is 7. The number of carbonyl (C=O) groups excluding carboxylic acids is 2. The molecular weight excluding hydrogens is 350 g/mol. The van der Waals surface area contributed by atoms with Crippen LogP contribution in [-0.4, -0.2) is 26.6 Å². The average molecular weight is 366 g/mol. The van der Waals surface area contributed by atoms with Crippen molar-refractivity contribution in [3.63, 3.8) is 0 Å². The molecule has 2 N–H and O–H groups in total. The SMILES string of the molecule is CC1(C)Cc2c(sc3c2c(=O)n(CC(=O)[O-])c(=O)n3CC(N)=O)CO1. The van der Waals surface area contributed by atoms with Crippen LogP contribution < -0.4 is 22.1 Å². The van der Waals surface area contributed by atoms with E-state index < -0.39 is 41.8 Å². The molecule has 9 nitrogen and oxygen atoms in total. The molecule has 10 heteroatoms. The molecule has 0 radical (unpaired) electrons. The van der Waals surface area contributed by atoms with Gasteiger partial charge >= 0.3 is 5.69 Å². The predicted molar refractivity (Wildman–Crippen MR) is 87.1 cm³/mol. The van der Waals surface area contributed by atoms with Gasteiger partial charge in [-0.05, 0) is 19.4 Å². The van der Waals surface area contributed by atoms with E-state index in [0.717, 1.165) is 9.44 Å². The Morgan fingerprint density at radius 3 is 2.56 bits per heavy atom. The number of ether oxygens (including phenoxy) is 1. The Bertz CT molecular complexity index is 1010. The number of primary amides is 1. The highest BCUT2D eigenvalue weighted by Crippen LogP contribution is 2.37. The van der Waals surface area contributed by atoms with E-state index in [1.807, 2.05) is 13.8 Å². The number of carbonyl (C=O) groups is 2. The van der Waals surface area contributed by atoms with Gasteiger partial charge in [0.1, 0.15) is 11.4 Å². The number of aromatic nitrogens is 2. The molecule has 1 aliphatic heterocycles. The van der Waals surface area contributed by atoms with Crippen molar-refractivity contribution in [3.05, 3.63) is 31.3 Å². The molecule has 3 rings (SSSR count). The minimum Gasteiger partial charge on any atom is -0.548 e. The van der Waals surface area contributed by atoms with E-state index >= 15 is 0 Å². The molecule has 134 valence electrons. The van der Waals surface area contributed by atoms with Crippen LogP contribution in [0.25, 0.3) is 10.2 Å². The summed E-state index contributed by atoms with van der Waals surface area (Å²) in [6, 6.07) is 0. The molecule has 0 fully saturated rings. The number of rotatable bonds is 4. The van der Waals surface area contributed by atoms with Crippen LogP contribution in [0.5, 0.6) is 0 Å². The first-order valence-corrected chi connectivity index (χ1v) is 8.32. The highest BCUT2D eigenvalue weighted by Gasteiger charge is 2.32. The Morgan fingerprint density at radius 2 is 1.96 bits per heavy atom. The number of nitrogens with zero attached hydrogens (tertiary/aromatic N) is 2. The zero-order valence-corrected chi connectivity index (χ0v) is 14.5. The number of hydrogen-bond donors (Lipinski definition) is 1. The third-order valence-electron chi connectivity index (χ3n) is 4.04. The fourth-order valence-electron chi connectivity index (χ4n) is 2.97. The van der Waals surface area contributed by atoms with Gasteiger partial charge in [0.2, 0.25) is 5.91 Å². The van der Waals surface area contributed by atoms with E-state index in [1.54, 1.807) is 0 Å². The molecule has 3 heterocycles. The maximum absolute atomic E-state index is 12.8. The summed E-state index contributed by atoms with van der Waals surface area (Å²) in [6.07, 6.45) is 0.428. The molecule has 0 aliphatic carbocycles. The van der Waals surface area contributed by atoms with Crippen molar-refractivity contribution < 1.29 is 19.4 Å². The van der Waals surface area contributed by atoms with E-state index in [9.17, 15) is 24.3 Å². The van der Waals surface area contributed by atoms with Crippen molar-refractivity contribution in [1.29, 1.82) is 0 Å².